The summed E-state index contributed by atoms with van der Waals surface area (Å²) in [5.41, 5.74) is 6.11. The fourth-order valence-corrected chi connectivity index (χ4v) is 2.88. The van der Waals surface area contributed by atoms with Gasteiger partial charge >= 0.3 is 0 Å². The molecule has 1 aromatic carbocycles. The molecule has 0 unspecified atom stereocenters. The molecule has 1 fully saturated rings. The van der Waals surface area contributed by atoms with Crippen LogP contribution >= 0.6 is 11.6 Å². The number of halogens is 1. The Balaban J connectivity index is 2.00. The number of nitrogens with zero attached hydrogens (tertiary/aromatic N) is 1. The summed E-state index contributed by atoms with van der Waals surface area (Å²) in [6.07, 6.45) is 6.10. The van der Waals surface area contributed by atoms with Crippen molar-refractivity contribution in [1.29, 1.82) is 0 Å². The molecule has 0 aliphatic heterocycles. The third kappa shape index (κ3) is 3.57. The van der Waals surface area contributed by atoms with Crippen LogP contribution in [0.4, 0.5) is 0 Å². The molecule has 20 heavy (non-hydrogen) atoms. The lowest BCUT2D eigenvalue weighted by molar-refractivity contribution is 0.130. The highest BCUT2D eigenvalue weighted by Gasteiger charge is 2.22. The van der Waals surface area contributed by atoms with E-state index in [0.717, 1.165) is 18.8 Å². The van der Waals surface area contributed by atoms with Gasteiger partial charge in [0.05, 0.1) is 11.1 Å². The molecular formula is C15H21ClN2O2. The summed E-state index contributed by atoms with van der Waals surface area (Å²) >= 11 is 6.19. The topological polar surface area (TPSA) is 67.8 Å². The number of ether oxygens (including phenoxy) is 1. The van der Waals surface area contributed by atoms with Crippen LogP contribution in [0.2, 0.25) is 5.02 Å². The summed E-state index contributed by atoms with van der Waals surface area (Å²) in [4.78, 5) is 0. The first-order valence-corrected chi connectivity index (χ1v) is 7.46. The zero-order valence-corrected chi connectivity index (χ0v) is 12.4. The summed E-state index contributed by atoms with van der Waals surface area (Å²) in [6, 6.07) is 5.18. The second kappa shape index (κ2) is 6.84. The predicted octanol–water partition coefficient (Wildman–Crippen LogP) is 3.78. The van der Waals surface area contributed by atoms with Crippen molar-refractivity contribution in [2.75, 3.05) is 0 Å². The maximum atomic E-state index is 8.65. The zero-order valence-electron chi connectivity index (χ0n) is 11.7. The van der Waals surface area contributed by atoms with Gasteiger partial charge in [0, 0.05) is 5.56 Å². The van der Waals surface area contributed by atoms with E-state index in [1.165, 1.54) is 19.3 Å². The molecule has 1 aliphatic rings. The molecule has 0 spiro atoms. The minimum atomic E-state index is 0.0434. The van der Waals surface area contributed by atoms with Crippen LogP contribution in [0, 0.1) is 5.92 Å². The van der Waals surface area contributed by atoms with Crippen LogP contribution in [-0.4, -0.2) is 17.1 Å². The van der Waals surface area contributed by atoms with Crippen LogP contribution in [-0.2, 0) is 0 Å². The molecule has 0 heterocycles. The first kappa shape index (κ1) is 15.0. The molecule has 4 nitrogen and oxygen atoms in total. The highest BCUT2D eigenvalue weighted by Crippen LogP contribution is 2.32. The molecule has 1 aliphatic carbocycles. The molecule has 0 saturated heterocycles. The Morgan fingerprint density at radius 1 is 1.40 bits per heavy atom. The highest BCUT2D eigenvalue weighted by atomic mass is 35.5. The van der Waals surface area contributed by atoms with E-state index in [2.05, 4.69) is 12.1 Å². The van der Waals surface area contributed by atoms with Gasteiger partial charge < -0.3 is 15.7 Å². The smallest absolute Gasteiger partial charge is 0.170 e. The molecular weight excluding hydrogens is 276 g/mol. The van der Waals surface area contributed by atoms with Gasteiger partial charge in [0.2, 0.25) is 0 Å². The molecule has 0 atom stereocenters. The molecule has 3 N–H and O–H groups in total. The Labute approximate surface area is 124 Å². The Kier molecular flexibility index (Phi) is 5.12. The third-order valence-electron chi connectivity index (χ3n) is 4.00. The summed E-state index contributed by atoms with van der Waals surface area (Å²) in [6.45, 7) is 2.24. The molecule has 5 heteroatoms. The maximum Gasteiger partial charge on any atom is 0.170 e. The van der Waals surface area contributed by atoms with E-state index in [-0.39, 0.29) is 11.9 Å². The number of amidine groups is 1. The summed E-state index contributed by atoms with van der Waals surface area (Å²) in [7, 11) is 0. The largest absolute Gasteiger partial charge is 0.489 e. The lowest BCUT2D eigenvalue weighted by Crippen LogP contribution is -2.24. The predicted molar refractivity (Wildman–Crippen MR) is 80.6 cm³/mol. The van der Waals surface area contributed by atoms with E-state index in [1.807, 2.05) is 0 Å². The minimum Gasteiger partial charge on any atom is -0.489 e. The van der Waals surface area contributed by atoms with Crippen LogP contribution < -0.4 is 10.5 Å². The molecule has 0 radical (unpaired) electrons. The summed E-state index contributed by atoms with van der Waals surface area (Å²) in [5.74, 6) is 1.55. The Bertz CT molecular complexity index is 483. The standard InChI is InChI=1S/C15H21ClN2O2/c1-2-10-3-6-12(7-4-10)20-14-8-5-11(9-13(14)16)15(17)18-19/h5,8-10,12,19H,2-4,6-7H2,1H3,(H2,17,18). The summed E-state index contributed by atoms with van der Waals surface area (Å²) < 4.78 is 5.97. The Morgan fingerprint density at radius 3 is 2.65 bits per heavy atom. The van der Waals surface area contributed by atoms with Gasteiger partial charge in [-0.3, -0.25) is 0 Å². The average Bonchev–Trinajstić information content (AvgIpc) is 2.49. The van der Waals surface area contributed by atoms with Crippen molar-refractivity contribution in [2.24, 2.45) is 16.8 Å². The van der Waals surface area contributed by atoms with Gasteiger partial charge in [-0.1, -0.05) is 30.1 Å². The number of oxime groups is 1. The van der Waals surface area contributed by atoms with Gasteiger partial charge in [0.1, 0.15) is 5.75 Å². The van der Waals surface area contributed by atoms with Crippen molar-refractivity contribution in [3.8, 4) is 5.75 Å². The molecule has 0 bridgehead atoms. The maximum absolute atomic E-state index is 8.65. The van der Waals surface area contributed by atoms with Gasteiger partial charge in [-0.25, -0.2) is 0 Å². The van der Waals surface area contributed by atoms with E-state index in [0.29, 0.717) is 16.3 Å². The van der Waals surface area contributed by atoms with Crippen molar-refractivity contribution in [3.63, 3.8) is 0 Å². The third-order valence-corrected chi connectivity index (χ3v) is 4.30. The zero-order chi connectivity index (χ0) is 14.5. The van der Waals surface area contributed by atoms with E-state index >= 15 is 0 Å². The fourth-order valence-electron chi connectivity index (χ4n) is 2.65. The van der Waals surface area contributed by atoms with Gasteiger partial charge in [-0.15, -0.1) is 0 Å². The van der Waals surface area contributed by atoms with E-state index in [1.54, 1.807) is 18.2 Å². The molecule has 0 amide bonds. The first-order valence-electron chi connectivity index (χ1n) is 7.08. The fraction of sp³-hybridized carbons (Fsp3) is 0.533. The monoisotopic (exact) mass is 296 g/mol. The number of hydrogen-bond acceptors (Lipinski definition) is 3. The van der Waals surface area contributed by atoms with Gasteiger partial charge in [-0.05, 0) is 49.8 Å². The number of rotatable bonds is 4. The molecule has 0 aromatic heterocycles. The lowest BCUT2D eigenvalue weighted by Gasteiger charge is -2.28. The number of hydrogen-bond donors (Lipinski definition) is 2. The molecule has 110 valence electrons. The summed E-state index contributed by atoms with van der Waals surface area (Å²) in [5, 5.41) is 12.1. The minimum absolute atomic E-state index is 0.0434. The lowest BCUT2D eigenvalue weighted by atomic mass is 9.86. The molecule has 1 saturated carbocycles. The van der Waals surface area contributed by atoms with E-state index in [4.69, 9.17) is 27.3 Å². The van der Waals surface area contributed by atoms with Crippen molar-refractivity contribution in [3.05, 3.63) is 28.8 Å². The molecule has 2 rings (SSSR count). The van der Waals surface area contributed by atoms with Crippen LogP contribution in [0.15, 0.2) is 23.4 Å². The van der Waals surface area contributed by atoms with Crippen LogP contribution in [0.5, 0.6) is 5.75 Å². The second-order valence-corrected chi connectivity index (χ2v) is 5.71. The Morgan fingerprint density at radius 2 is 2.10 bits per heavy atom. The SMILES string of the molecule is CCC1CCC(Oc2ccc(C(N)=NO)cc2Cl)CC1. The van der Waals surface area contributed by atoms with Crippen molar-refractivity contribution in [1.82, 2.24) is 0 Å². The first-order chi connectivity index (χ1) is 9.63. The van der Waals surface area contributed by atoms with Gasteiger partial charge in [0.15, 0.2) is 5.84 Å². The van der Waals surface area contributed by atoms with E-state index < -0.39 is 0 Å². The number of benzene rings is 1. The van der Waals surface area contributed by atoms with Crippen molar-refractivity contribution in [2.45, 2.75) is 45.1 Å². The average molecular weight is 297 g/mol. The highest BCUT2D eigenvalue weighted by molar-refractivity contribution is 6.32. The second-order valence-electron chi connectivity index (χ2n) is 5.30. The van der Waals surface area contributed by atoms with E-state index in [9.17, 15) is 0 Å². The van der Waals surface area contributed by atoms with Gasteiger partial charge in [-0.2, -0.15) is 0 Å². The Hall–Kier alpha value is -1.42. The van der Waals surface area contributed by atoms with Crippen molar-refractivity contribution < 1.29 is 9.94 Å². The molecule has 1 aromatic rings. The van der Waals surface area contributed by atoms with Crippen LogP contribution in [0.1, 0.15) is 44.6 Å². The van der Waals surface area contributed by atoms with Crippen molar-refractivity contribution >= 4 is 17.4 Å². The van der Waals surface area contributed by atoms with Gasteiger partial charge in [0.25, 0.3) is 0 Å². The van der Waals surface area contributed by atoms with Crippen LogP contribution in [0.25, 0.3) is 0 Å². The van der Waals surface area contributed by atoms with Crippen LogP contribution in [0.3, 0.4) is 0 Å². The normalized spacial score (nSPS) is 23.6. The number of nitrogens with two attached hydrogens (primary N) is 1. The quantitative estimate of drug-likeness (QED) is 0.384.